The Hall–Kier alpha value is -3.55. The summed E-state index contributed by atoms with van der Waals surface area (Å²) in [6, 6.07) is 14.4. The molecule has 0 spiro atoms. The van der Waals surface area contributed by atoms with Crippen LogP contribution in [-0.2, 0) is 27.2 Å². The van der Waals surface area contributed by atoms with Crippen LogP contribution < -0.4 is 21.5 Å². The van der Waals surface area contributed by atoms with Crippen molar-refractivity contribution in [3.8, 4) is 0 Å². The fourth-order valence-electron chi connectivity index (χ4n) is 5.76. The second-order valence-corrected chi connectivity index (χ2v) is 12.7. The fourth-order valence-corrected chi connectivity index (χ4v) is 6.08. The minimum Gasteiger partial charge on any atom is -0.542 e. The normalized spacial score (nSPS) is 19.2. The van der Waals surface area contributed by atoms with Crippen molar-refractivity contribution in [2.45, 2.75) is 63.7 Å². The Morgan fingerprint density at radius 2 is 1.64 bits per heavy atom. The molecular formula is C32H40Cl2F3N5O5. The van der Waals surface area contributed by atoms with Gasteiger partial charge in [-0.05, 0) is 49.4 Å². The zero-order valence-corrected chi connectivity index (χ0v) is 27.6. The van der Waals surface area contributed by atoms with Crippen LogP contribution in [0.2, 0.25) is 10.0 Å². The van der Waals surface area contributed by atoms with E-state index in [1.165, 1.54) is 0 Å². The highest BCUT2D eigenvalue weighted by molar-refractivity contribution is 6.42. The number of likely N-dealkylation sites (tertiary alicyclic amines) is 2. The number of carbonyl (C=O) groups is 4. The molecule has 2 aromatic rings. The zero-order chi connectivity index (χ0) is 34.8. The molecule has 2 aliphatic rings. The molecule has 2 atom stereocenters. The van der Waals surface area contributed by atoms with Gasteiger partial charge in [0.15, 0.2) is 0 Å². The molecule has 0 saturated carbocycles. The number of nitrogens with zero attached hydrogens (tertiary/aromatic N) is 2. The van der Waals surface area contributed by atoms with Crippen molar-refractivity contribution in [3.63, 3.8) is 0 Å². The molecule has 0 bridgehead atoms. The van der Waals surface area contributed by atoms with Crippen LogP contribution in [0, 0.1) is 5.41 Å². The third-order valence-electron chi connectivity index (χ3n) is 8.25. The minimum atomic E-state index is -5.19. The SMILES string of the molecule is CCNC(=O)[C@]1(Cc2ccccc2)CCCN(C(=O)[C@@H](Cc2ccc(Cl)c(Cl)c2)NC(=O)N2CCC([NH3+])CC2)C1.O=C([O-])C(F)(F)F. The standard InChI is InChI=1S/C30H39Cl2N5O3.C2HF3O2/c1-2-34-28(39)30(19-21-7-4-3-5-8-21)13-6-14-37(20-30)27(38)26(18-22-9-10-24(31)25(32)17-22)35-29(40)36-15-11-23(33)12-16-36;3-2(4,5)1(6)7/h3-5,7-10,17,23,26H,2,6,11-16,18-20,33H2,1H3,(H,34,39)(H,35,40);(H,6,7)/t26-,30+;/m1./s1. The molecule has 5 N–H and O–H groups in total. The van der Waals surface area contributed by atoms with Crippen LogP contribution >= 0.6 is 23.2 Å². The van der Waals surface area contributed by atoms with Crippen LogP contribution in [-0.4, -0.2) is 84.6 Å². The Morgan fingerprint density at radius 1 is 1.00 bits per heavy atom. The molecule has 4 rings (SSSR count). The number of carboxylic acids is 1. The summed E-state index contributed by atoms with van der Waals surface area (Å²) in [5.41, 5.74) is 5.20. The molecule has 47 heavy (non-hydrogen) atoms. The third kappa shape index (κ3) is 11.0. The predicted octanol–water partition coefficient (Wildman–Crippen LogP) is 2.61. The number of nitrogens with one attached hydrogen (secondary N) is 2. The number of aliphatic carboxylic acids is 1. The average Bonchev–Trinajstić information content (AvgIpc) is 3.03. The van der Waals surface area contributed by atoms with E-state index in [0.29, 0.717) is 61.5 Å². The van der Waals surface area contributed by atoms with Gasteiger partial charge >= 0.3 is 12.2 Å². The number of piperidine rings is 2. The second-order valence-electron chi connectivity index (χ2n) is 11.8. The Kier molecular flexibility index (Phi) is 13.7. The fraction of sp³-hybridized carbons (Fsp3) is 0.500. The van der Waals surface area contributed by atoms with Crippen LogP contribution in [0.3, 0.4) is 0 Å². The lowest BCUT2D eigenvalue weighted by molar-refractivity contribution is -0.425. The Bertz CT molecular complexity index is 1390. The number of quaternary nitrogens is 1. The first-order valence-corrected chi connectivity index (χ1v) is 16.1. The summed E-state index contributed by atoms with van der Waals surface area (Å²) in [5.74, 6) is -3.25. The third-order valence-corrected chi connectivity index (χ3v) is 8.98. The first-order valence-electron chi connectivity index (χ1n) is 15.4. The van der Waals surface area contributed by atoms with Gasteiger partial charge in [-0.25, -0.2) is 4.79 Å². The molecule has 15 heteroatoms. The summed E-state index contributed by atoms with van der Waals surface area (Å²) >= 11 is 12.4. The second kappa shape index (κ2) is 17.0. The van der Waals surface area contributed by atoms with Crippen LogP contribution in [0.5, 0.6) is 0 Å². The van der Waals surface area contributed by atoms with Crippen molar-refractivity contribution in [2.24, 2.45) is 5.41 Å². The number of alkyl halides is 3. The number of hydrogen-bond acceptors (Lipinski definition) is 5. The van der Waals surface area contributed by atoms with Gasteiger partial charge in [0, 0.05) is 52.0 Å². The van der Waals surface area contributed by atoms with Gasteiger partial charge in [0.25, 0.3) is 0 Å². The van der Waals surface area contributed by atoms with Gasteiger partial charge in [-0.15, -0.1) is 0 Å². The van der Waals surface area contributed by atoms with Gasteiger partial charge in [-0.2, -0.15) is 13.2 Å². The quantitative estimate of drug-likeness (QED) is 0.387. The number of carboxylic acid groups (broad SMARTS) is 1. The maximum Gasteiger partial charge on any atom is 0.430 e. The summed E-state index contributed by atoms with van der Waals surface area (Å²) in [4.78, 5) is 53.2. The lowest BCUT2D eigenvalue weighted by atomic mass is 9.74. The molecule has 2 saturated heterocycles. The number of carbonyl (C=O) groups excluding carboxylic acids is 4. The number of hydrogen-bond donors (Lipinski definition) is 3. The van der Waals surface area contributed by atoms with E-state index in [2.05, 4.69) is 16.4 Å². The summed E-state index contributed by atoms with van der Waals surface area (Å²) in [6.07, 6.45) is -1.36. The number of benzene rings is 2. The highest BCUT2D eigenvalue weighted by atomic mass is 35.5. The Labute approximate surface area is 281 Å². The zero-order valence-electron chi connectivity index (χ0n) is 26.1. The van der Waals surface area contributed by atoms with E-state index in [1.807, 2.05) is 43.3 Å². The molecule has 2 aliphatic heterocycles. The predicted molar refractivity (Wildman–Crippen MR) is 168 cm³/mol. The van der Waals surface area contributed by atoms with E-state index in [-0.39, 0.29) is 30.8 Å². The maximum atomic E-state index is 14.1. The van der Waals surface area contributed by atoms with Crippen LogP contribution in [0.4, 0.5) is 18.0 Å². The number of rotatable bonds is 8. The molecule has 0 unspecified atom stereocenters. The molecule has 4 amide bonds. The van der Waals surface area contributed by atoms with Gasteiger partial charge in [0.05, 0.1) is 21.5 Å². The average molecular weight is 703 g/mol. The molecule has 2 aromatic carbocycles. The van der Waals surface area contributed by atoms with E-state index in [4.69, 9.17) is 33.1 Å². The van der Waals surface area contributed by atoms with Crippen LogP contribution in [0.1, 0.15) is 43.7 Å². The number of amides is 4. The molecule has 2 fully saturated rings. The molecule has 0 radical (unpaired) electrons. The van der Waals surface area contributed by atoms with E-state index in [0.717, 1.165) is 24.0 Å². The Balaban J connectivity index is 0.000000771. The van der Waals surface area contributed by atoms with Crippen molar-refractivity contribution in [1.82, 2.24) is 20.4 Å². The van der Waals surface area contributed by atoms with E-state index in [9.17, 15) is 27.6 Å². The Morgan fingerprint density at radius 3 is 2.21 bits per heavy atom. The molecule has 0 aromatic heterocycles. The van der Waals surface area contributed by atoms with Crippen LogP contribution in [0.25, 0.3) is 0 Å². The maximum absolute atomic E-state index is 14.1. The molecule has 0 aliphatic carbocycles. The summed E-state index contributed by atoms with van der Waals surface area (Å²) in [5, 5.41) is 15.6. The number of urea groups is 1. The topological polar surface area (TPSA) is 150 Å². The van der Waals surface area contributed by atoms with E-state index < -0.39 is 23.6 Å². The molecule has 10 nitrogen and oxygen atoms in total. The van der Waals surface area contributed by atoms with E-state index in [1.54, 1.807) is 21.9 Å². The summed E-state index contributed by atoms with van der Waals surface area (Å²) < 4.78 is 31.5. The monoisotopic (exact) mass is 701 g/mol. The van der Waals surface area contributed by atoms with Crippen molar-refractivity contribution < 1.29 is 43.2 Å². The molecule has 258 valence electrons. The summed E-state index contributed by atoms with van der Waals surface area (Å²) in [7, 11) is 0. The van der Waals surface area contributed by atoms with Gasteiger partial charge in [0.2, 0.25) is 11.8 Å². The molecular weight excluding hydrogens is 662 g/mol. The van der Waals surface area contributed by atoms with E-state index >= 15 is 0 Å². The lowest BCUT2D eigenvalue weighted by Crippen LogP contribution is -2.65. The molecule has 2 heterocycles. The first kappa shape index (κ1) is 37.9. The lowest BCUT2D eigenvalue weighted by Gasteiger charge is -2.43. The van der Waals surface area contributed by atoms with Crippen molar-refractivity contribution in [3.05, 3.63) is 69.7 Å². The number of halogens is 5. The highest BCUT2D eigenvalue weighted by Crippen LogP contribution is 2.35. The van der Waals surface area contributed by atoms with Crippen LogP contribution in [0.15, 0.2) is 48.5 Å². The van der Waals surface area contributed by atoms with Crippen molar-refractivity contribution in [1.29, 1.82) is 0 Å². The van der Waals surface area contributed by atoms with Gasteiger partial charge in [-0.3, -0.25) is 9.59 Å². The van der Waals surface area contributed by atoms with Gasteiger partial charge in [-0.1, -0.05) is 59.6 Å². The first-order chi connectivity index (χ1) is 22.1. The smallest absolute Gasteiger partial charge is 0.430 e. The van der Waals surface area contributed by atoms with Gasteiger partial charge in [0.1, 0.15) is 12.0 Å². The summed E-state index contributed by atoms with van der Waals surface area (Å²) in [6.45, 7) is 4.44. The van der Waals surface area contributed by atoms with Gasteiger partial charge < -0.3 is 36.1 Å². The van der Waals surface area contributed by atoms with Crippen molar-refractivity contribution in [2.75, 3.05) is 32.7 Å². The highest BCUT2D eigenvalue weighted by Gasteiger charge is 2.44. The minimum absolute atomic E-state index is 0.0440. The van der Waals surface area contributed by atoms with Crippen molar-refractivity contribution >= 4 is 47.0 Å². The largest absolute Gasteiger partial charge is 0.542 e.